The van der Waals surface area contributed by atoms with Gasteiger partial charge in [0.05, 0.1) is 25.9 Å². The molecule has 0 spiro atoms. The summed E-state index contributed by atoms with van der Waals surface area (Å²) < 4.78 is 11.4. The van der Waals surface area contributed by atoms with Gasteiger partial charge in [-0.15, -0.1) is 11.8 Å². The summed E-state index contributed by atoms with van der Waals surface area (Å²) in [5.74, 6) is 0.116. The average molecular weight is 538 g/mol. The van der Waals surface area contributed by atoms with Gasteiger partial charge >= 0.3 is 5.97 Å². The molecule has 2 aromatic carbocycles. The molecular formula is C32H43NO4S. The summed E-state index contributed by atoms with van der Waals surface area (Å²) in [4.78, 5) is 14.4. The van der Waals surface area contributed by atoms with Crippen molar-refractivity contribution in [3.8, 4) is 11.1 Å². The van der Waals surface area contributed by atoms with E-state index in [1.807, 2.05) is 12.3 Å². The number of hydrogen-bond acceptors (Lipinski definition) is 6. The standard InChI is InChI=1S/C32H43NO4S/c1-36-32(35)30(38-2)15-9-4-8-14-27-29(22-28(34)31(27)33-20-10-5-11-21-33)37-23-24-16-18-26(19-17-24)25-12-6-3-7-13-25/h3-4,6-7,9,12-13,16-19,27-31,34H,5,8,10-11,14-15,20-23H2,1-2H3/t27-,28-,29-,30?,31+/m0/s1. The van der Waals surface area contributed by atoms with Crippen molar-refractivity contribution >= 4 is 17.7 Å². The maximum Gasteiger partial charge on any atom is 0.319 e. The molecule has 0 amide bonds. The number of esters is 1. The molecule has 2 fully saturated rings. The topological polar surface area (TPSA) is 59.0 Å². The van der Waals surface area contributed by atoms with Crippen LogP contribution in [0, 0.1) is 5.92 Å². The Morgan fingerprint density at radius 2 is 1.76 bits per heavy atom. The number of rotatable bonds is 12. The minimum absolute atomic E-state index is 0.0353. The van der Waals surface area contributed by atoms with Crippen LogP contribution in [0.5, 0.6) is 0 Å². The van der Waals surface area contributed by atoms with Crippen molar-refractivity contribution in [2.24, 2.45) is 5.92 Å². The smallest absolute Gasteiger partial charge is 0.319 e. The van der Waals surface area contributed by atoms with E-state index in [0.29, 0.717) is 19.4 Å². The summed E-state index contributed by atoms with van der Waals surface area (Å²) >= 11 is 1.52. The van der Waals surface area contributed by atoms with Crippen LogP contribution in [0.1, 0.15) is 50.5 Å². The summed E-state index contributed by atoms with van der Waals surface area (Å²) in [7, 11) is 1.44. The van der Waals surface area contributed by atoms with Crippen molar-refractivity contribution < 1.29 is 19.4 Å². The van der Waals surface area contributed by atoms with Gasteiger partial charge in [0.15, 0.2) is 0 Å². The average Bonchev–Trinajstić information content (AvgIpc) is 3.29. The number of hydrogen-bond donors (Lipinski definition) is 1. The van der Waals surface area contributed by atoms with Crippen LogP contribution in [0.4, 0.5) is 0 Å². The fraction of sp³-hybridized carbons (Fsp3) is 0.531. The van der Waals surface area contributed by atoms with Gasteiger partial charge in [-0.2, -0.15) is 0 Å². The Bertz CT molecular complexity index is 1010. The van der Waals surface area contributed by atoms with Crippen LogP contribution in [-0.4, -0.2) is 65.9 Å². The van der Waals surface area contributed by atoms with Crippen LogP contribution in [0.3, 0.4) is 0 Å². The molecule has 6 heteroatoms. The Hall–Kier alpha value is -2.12. The predicted octanol–water partition coefficient (Wildman–Crippen LogP) is 6.11. The van der Waals surface area contributed by atoms with Crippen molar-refractivity contribution in [1.82, 2.24) is 4.90 Å². The largest absolute Gasteiger partial charge is 0.468 e. The number of carbonyl (C=O) groups is 1. The van der Waals surface area contributed by atoms with Gasteiger partial charge in [-0.1, -0.05) is 73.2 Å². The highest BCUT2D eigenvalue weighted by molar-refractivity contribution is 7.99. The fourth-order valence-electron chi connectivity index (χ4n) is 6.01. The third-order valence-corrected chi connectivity index (χ3v) is 9.01. The summed E-state index contributed by atoms with van der Waals surface area (Å²) in [6.45, 7) is 2.69. The number of thioether (sulfide) groups is 1. The van der Waals surface area contributed by atoms with E-state index in [1.54, 1.807) is 0 Å². The van der Waals surface area contributed by atoms with Gasteiger partial charge in [-0.25, -0.2) is 0 Å². The van der Waals surface area contributed by atoms with Crippen molar-refractivity contribution in [2.75, 3.05) is 26.5 Å². The quantitative estimate of drug-likeness (QED) is 0.261. The Morgan fingerprint density at radius 1 is 1.05 bits per heavy atom. The molecule has 4 rings (SSSR count). The minimum atomic E-state index is -0.354. The molecule has 0 bridgehead atoms. The van der Waals surface area contributed by atoms with Gasteiger partial charge in [-0.3, -0.25) is 9.69 Å². The molecule has 1 heterocycles. The van der Waals surface area contributed by atoms with Gasteiger partial charge in [0, 0.05) is 18.4 Å². The van der Waals surface area contributed by atoms with Crippen molar-refractivity contribution in [2.45, 2.75) is 75.1 Å². The maximum absolute atomic E-state index is 11.9. The summed E-state index contributed by atoms with van der Waals surface area (Å²) in [6.07, 6.45) is 12.8. The van der Waals surface area contributed by atoms with Crippen molar-refractivity contribution in [3.05, 3.63) is 72.3 Å². The number of ether oxygens (including phenoxy) is 2. The van der Waals surface area contributed by atoms with Gasteiger partial charge in [-0.05, 0) is 68.1 Å². The highest BCUT2D eigenvalue weighted by Gasteiger charge is 2.45. The van der Waals surface area contributed by atoms with E-state index in [-0.39, 0.29) is 35.4 Å². The molecule has 1 aliphatic heterocycles. The van der Waals surface area contributed by atoms with Crippen molar-refractivity contribution in [1.29, 1.82) is 0 Å². The van der Waals surface area contributed by atoms with Gasteiger partial charge in [0.1, 0.15) is 5.25 Å². The van der Waals surface area contributed by atoms with Crippen LogP contribution in [0.2, 0.25) is 0 Å². The van der Waals surface area contributed by atoms with E-state index in [2.05, 4.69) is 65.6 Å². The molecule has 1 saturated carbocycles. The molecule has 1 saturated heterocycles. The molecule has 38 heavy (non-hydrogen) atoms. The first kappa shape index (κ1) is 28.9. The number of nitrogens with zero attached hydrogens (tertiary/aromatic N) is 1. The van der Waals surface area contributed by atoms with E-state index in [9.17, 15) is 9.90 Å². The normalized spacial score (nSPS) is 25.0. The molecule has 1 aliphatic carbocycles. The molecule has 1 N–H and O–H groups in total. The second kappa shape index (κ2) is 14.9. The van der Waals surface area contributed by atoms with Crippen LogP contribution in [0.25, 0.3) is 11.1 Å². The number of allylic oxidation sites excluding steroid dienone is 2. The molecular weight excluding hydrogens is 494 g/mol. The molecule has 2 aliphatic rings. The highest BCUT2D eigenvalue weighted by Crippen LogP contribution is 2.38. The number of likely N-dealkylation sites (tertiary alicyclic amines) is 1. The fourth-order valence-corrected chi connectivity index (χ4v) is 6.60. The monoisotopic (exact) mass is 537 g/mol. The SMILES string of the molecule is COC(=O)C(CC=CCC[C@@H]1[C@@H](N2CCCCC2)[C@@H](O)C[C@@H]1OCc1ccc(-c2ccccc2)cc1)SC. The van der Waals surface area contributed by atoms with Crippen LogP contribution in [0.15, 0.2) is 66.7 Å². The van der Waals surface area contributed by atoms with E-state index < -0.39 is 0 Å². The molecule has 206 valence electrons. The Morgan fingerprint density at radius 3 is 2.45 bits per heavy atom. The summed E-state index contributed by atoms with van der Waals surface area (Å²) in [6, 6.07) is 19.2. The number of aliphatic hydroxyl groups is 1. The van der Waals surface area contributed by atoms with Gasteiger partial charge in [0.25, 0.3) is 0 Å². The minimum Gasteiger partial charge on any atom is -0.468 e. The van der Waals surface area contributed by atoms with E-state index in [0.717, 1.165) is 31.5 Å². The molecule has 1 unspecified atom stereocenters. The number of methoxy groups -OCH3 is 1. The molecule has 2 aromatic rings. The number of benzene rings is 2. The van der Waals surface area contributed by atoms with Crippen LogP contribution in [-0.2, 0) is 20.9 Å². The van der Waals surface area contributed by atoms with E-state index in [4.69, 9.17) is 9.47 Å². The van der Waals surface area contributed by atoms with Crippen LogP contribution >= 0.6 is 11.8 Å². The zero-order valence-electron chi connectivity index (χ0n) is 22.8. The Balaban J connectivity index is 1.37. The van der Waals surface area contributed by atoms with Gasteiger partial charge in [0.2, 0.25) is 0 Å². The molecule has 0 radical (unpaired) electrons. The van der Waals surface area contributed by atoms with Crippen LogP contribution < -0.4 is 0 Å². The first-order valence-electron chi connectivity index (χ1n) is 14.0. The Labute approximate surface area is 232 Å². The lowest BCUT2D eigenvalue weighted by molar-refractivity contribution is -0.139. The lowest BCUT2D eigenvalue weighted by atomic mass is 9.92. The highest BCUT2D eigenvalue weighted by atomic mass is 32.2. The zero-order chi connectivity index (χ0) is 26.7. The molecule has 5 atom stereocenters. The number of piperidine rings is 1. The third-order valence-electron chi connectivity index (χ3n) is 8.05. The molecule has 5 nitrogen and oxygen atoms in total. The second-order valence-electron chi connectivity index (χ2n) is 10.5. The van der Waals surface area contributed by atoms with Gasteiger partial charge < -0.3 is 14.6 Å². The van der Waals surface area contributed by atoms with Crippen molar-refractivity contribution in [3.63, 3.8) is 0 Å². The lowest BCUT2D eigenvalue weighted by Crippen LogP contribution is -2.47. The van der Waals surface area contributed by atoms with E-state index in [1.165, 1.54) is 49.3 Å². The predicted molar refractivity (Wildman–Crippen MR) is 156 cm³/mol. The lowest BCUT2D eigenvalue weighted by Gasteiger charge is -2.38. The maximum atomic E-state index is 11.9. The number of aliphatic hydroxyl groups excluding tert-OH is 1. The number of carbonyl (C=O) groups excluding carboxylic acids is 1. The summed E-state index contributed by atoms with van der Waals surface area (Å²) in [5, 5.41) is 11.0. The zero-order valence-corrected chi connectivity index (χ0v) is 23.7. The second-order valence-corrected chi connectivity index (χ2v) is 11.5. The van der Waals surface area contributed by atoms with E-state index >= 15 is 0 Å². The first-order chi connectivity index (χ1) is 18.6. The molecule has 0 aromatic heterocycles. The third kappa shape index (κ3) is 7.72. The Kier molecular flexibility index (Phi) is 11.3. The summed E-state index contributed by atoms with van der Waals surface area (Å²) in [5.41, 5.74) is 3.58. The first-order valence-corrected chi connectivity index (χ1v) is 15.3.